The lowest BCUT2D eigenvalue weighted by Gasteiger charge is -1.89. The van der Waals surface area contributed by atoms with Crippen molar-refractivity contribution in [2.45, 2.75) is 0 Å². The van der Waals surface area contributed by atoms with E-state index in [4.69, 9.17) is 5.53 Å². The van der Waals surface area contributed by atoms with Crippen LogP contribution in [0.3, 0.4) is 0 Å². The molecule has 0 aliphatic carbocycles. The highest BCUT2D eigenvalue weighted by atomic mass is 32.2. The SMILES string of the molecule is CNNS(=O)N=N. The lowest BCUT2D eigenvalue weighted by Crippen LogP contribution is -2.27. The Labute approximate surface area is 43.7 Å². The van der Waals surface area contributed by atoms with Gasteiger partial charge in [0.05, 0.1) is 0 Å². The number of hydrogen-bond donors (Lipinski definition) is 3. The molecule has 0 aliphatic rings. The van der Waals surface area contributed by atoms with E-state index in [1.165, 1.54) is 0 Å². The summed E-state index contributed by atoms with van der Waals surface area (Å²) in [6.07, 6.45) is 0. The Balaban J connectivity index is 3.17. The molecule has 0 aromatic carbocycles. The quantitative estimate of drug-likeness (QED) is 0.342. The zero-order valence-electron chi connectivity index (χ0n) is 3.76. The zero-order chi connectivity index (χ0) is 5.70. The molecule has 0 radical (unpaired) electrons. The van der Waals surface area contributed by atoms with Crippen molar-refractivity contribution in [3.63, 3.8) is 0 Å². The highest BCUT2D eigenvalue weighted by molar-refractivity contribution is 7.81. The van der Waals surface area contributed by atoms with Gasteiger partial charge in [-0.3, -0.25) is 0 Å². The van der Waals surface area contributed by atoms with Gasteiger partial charge >= 0.3 is 0 Å². The molecule has 0 bridgehead atoms. The molecular weight excluding hydrogens is 116 g/mol. The minimum atomic E-state index is -1.60. The van der Waals surface area contributed by atoms with Gasteiger partial charge in [0.1, 0.15) is 0 Å². The van der Waals surface area contributed by atoms with Crippen molar-refractivity contribution in [2.24, 2.45) is 4.52 Å². The van der Waals surface area contributed by atoms with Crippen molar-refractivity contribution in [1.29, 1.82) is 5.53 Å². The number of hydrazine groups is 1. The van der Waals surface area contributed by atoms with Gasteiger partial charge in [0.15, 0.2) is 0 Å². The van der Waals surface area contributed by atoms with Crippen LogP contribution in [0.4, 0.5) is 0 Å². The standard InChI is InChI=1S/CH6N4OS/c1-3-5-7(6)4-2/h2-3,5H,1H3. The van der Waals surface area contributed by atoms with E-state index >= 15 is 0 Å². The summed E-state index contributed by atoms with van der Waals surface area (Å²) in [4.78, 5) is 2.16. The zero-order valence-corrected chi connectivity index (χ0v) is 4.58. The van der Waals surface area contributed by atoms with Gasteiger partial charge in [0, 0.05) is 0 Å². The van der Waals surface area contributed by atoms with Crippen LogP contribution in [0.1, 0.15) is 0 Å². The van der Waals surface area contributed by atoms with Gasteiger partial charge in [-0.05, 0) is 7.05 Å². The minimum absolute atomic E-state index is 1.54. The largest absolute Gasteiger partial charge is 0.248 e. The summed E-state index contributed by atoms with van der Waals surface area (Å²) >= 11 is -1.60. The molecule has 3 N–H and O–H groups in total. The molecule has 0 fully saturated rings. The number of nitrogens with one attached hydrogen (secondary N) is 3. The van der Waals surface area contributed by atoms with E-state index in [-0.39, 0.29) is 0 Å². The first-order valence-corrected chi connectivity index (χ1v) is 2.63. The van der Waals surface area contributed by atoms with Crippen LogP contribution < -0.4 is 10.3 Å². The molecule has 42 valence electrons. The molecule has 0 spiro atoms. The second-order valence-electron chi connectivity index (χ2n) is 0.693. The first-order chi connectivity index (χ1) is 3.31. The summed E-state index contributed by atoms with van der Waals surface area (Å²) in [5, 5.41) is 0. The molecule has 0 aromatic heterocycles. The Morgan fingerprint density at radius 3 is 2.57 bits per heavy atom. The molecule has 5 nitrogen and oxygen atoms in total. The molecule has 0 heterocycles. The third-order valence-corrected chi connectivity index (χ3v) is 0.817. The van der Waals surface area contributed by atoms with E-state index in [1.807, 2.05) is 0 Å². The lowest BCUT2D eigenvalue weighted by atomic mass is 11.5. The molecule has 0 aromatic rings. The van der Waals surface area contributed by atoms with E-state index in [0.717, 1.165) is 0 Å². The molecule has 0 amide bonds. The second-order valence-corrected chi connectivity index (χ2v) is 1.58. The monoisotopic (exact) mass is 122 g/mol. The van der Waals surface area contributed by atoms with Crippen molar-refractivity contribution < 1.29 is 4.21 Å². The molecular formula is CH6N4OS. The maximum Gasteiger partial charge on any atom is 0.248 e. The molecule has 1 atom stereocenters. The summed E-state index contributed by atoms with van der Waals surface area (Å²) < 4.78 is 12.6. The van der Waals surface area contributed by atoms with E-state index in [1.54, 1.807) is 7.05 Å². The molecule has 0 rings (SSSR count). The highest BCUT2D eigenvalue weighted by Crippen LogP contribution is 1.66. The van der Waals surface area contributed by atoms with Gasteiger partial charge < -0.3 is 0 Å². The maximum atomic E-state index is 10.00. The fourth-order valence-electron chi connectivity index (χ4n) is 0.110. The Morgan fingerprint density at radius 2 is 2.43 bits per heavy atom. The van der Waals surface area contributed by atoms with Crippen molar-refractivity contribution in [1.82, 2.24) is 10.3 Å². The summed E-state index contributed by atoms with van der Waals surface area (Å²) in [6.45, 7) is 0. The van der Waals surface area contributed by atoms with Gasteiger partial charge in [-0.1, -0.05) is 4.52 Å². The third kappa shape index (κ3) is 3.50. The number of rotatable bonds is 3. The summed E-state index contributed by atoms with van der Waals surface area (Å²) in [5.74, 6) is 0. The highest BCUT2D eigenvalue weighted by Gasteiger charge is 1.84. The Morgan fingerprint density at radius 1 is 1.86 bits per heavy atom. The van der Waals surface area contributed by atoms with Crippen molar-refractivity contribution in [3.05, 3.63) is 0 Å². The van der Waals surface area contributed by atoms with Gasteiger partial charge in [0.25, 0.3) is 0 Å². The third-order valence-electron chi connectivity index (χ3n) is 0.272. The predicted molar refractivity (Wildman–Crippen MR) is 25.5 cm³/mol. The van der Waals surface area contributed by atoms with Crippen LogP contribution in [0.25, 0.3) is 0 Å². The molecule has 0 aliphatic heterocycles. The Kier molecular flexibility index (Phi) is 3.67. The predicted octanol–water partition coefficient (Wildman–Crippen LogP) is -0.680. The van der Waals surface area contributed by atoms with Crippen LogP contribution in [0.15, 0.2) is 4.52 Å². The first-order valence-electron chi connectivity index (χ1n) is 1.53. The summed E-state index contributed by atoms with van der Waals surface area (Å²) in [7, 11) is 1.54. The fourth-order valence-corrected chi connectivity index (χ4v) is 0.330. The van der Waals surface area contributed by atoms with Crippen LogP contribution in [0.5, 0.6) is 0 Å². The van der Waals surface area contributed by atoms with Crippen LogP contribution in [0.2, 0.25) is 0 Å². The Bertz CT molecular complexity index is 81.8. The maximum absolute atomic E-state index is 10.00. The first kappa shape index (κ1) is 6.67. The molecule has 0 saturated heterocycles. The Hall–Kier alpha value is -0.330. The smallest absolute Gasteiger partial charge is 0.248 e. The van der Waals surface area contributed by atoms with Gasteiger partial charge in [-0.2, -0.15) is 10.4 Å². The number of hydrogen-bond acceptors (Lipinski definition) is 3. The molecule has 1 unspecified atom stereocenters. The average molecular weight is 122 g/mol. The lowest BCUT2D eigenvalue weighted by molar-refractivity contribution is 0.657. The molecule has 6 heteroatoms. The average Bonchev–Trinajstić information content (AvgIpc) is 1.68. The van der Waals surface area contributed by atoms with Crippen LogP contribution in [-0.2, 0) is 11.2 Å². The summed E-state index contributed by atoms with van der Waals surface area (Å²) in [5.41, 5.74) is 8.49. The minimum Gasteiger partial charge on any atom is -0.248 e. The van der Waals surface area contributed by atoms with E-state index < -0.39 is 11.2 Å². The molecule has 0 saturated carbocycles. The topological polar surface area (TPSA) is 77.3 Å². The summed E-state index contributed by atoms with van der Waals surface area (Å²) in [6, 6.07) is 0. The van der Waals surface area contributed by atoms with Crippen molar-refractivity contribution >= 4 is 11.2 Å². The van der Waals surface area contributed by atoms with Crippen molar-refractivity contribution in [3.8, 4) is 0 Å². The van der Waals surface area contributed by atoms with Gasteiger partial charge in [-0.25, -0.2) is 9.63 Å². The van der Waals surface area contributed by atoms with E-state index in [0.29, 0.717) is 0 Å². The van der Waals surface area contributed by atoms with Crippen LogP contribution >= 0.6 is 0 Å². The van der Waals surface area contributed by atoms with Crippen LogP contribution in [0, 0.1) is 5.53 Å². The van der Waals surface area contributed by atoms with Crippen LogP contribution in [-0.4, -0.2) is 11.3 Å². The van der Waals surface area contributed by atoms with Gasteiger partial charge in [0.2, 0.25) is 11.2 Å². The van der Waals surface area contributed by atoms with Gasteiger partial charge in [-0.15, -0.1) is 0 Å². The second kappa shape index (κ2) is 3.85. The van der Waals surface area contributed by atoms with Crippen molar-refractivity contribution in [2.75, 3.05) is 7.05 Å². The van der Waals surface area contributed by atoms with E-state index in [2.05, 4.69) is 14.8 Å². The van der Waals surface area contributed by atoms with E-state index in [9.17, 15) is 4.21 Å². The normalized spacial score (nSPS) is 13.3. The number of nitrogens with zero attached hydrogens (tertiary/aromatic N) is 1. The fraction of sp³-hybridized carbons (Fsp3) is 1.00. The molecule has 7 heavy (non-hydrogen) atoms.